The fraction of sp³-hybridized carbons (Fsp3) is 0.312. The van der Waals surface area contributed by atoms with Gasteiger partial charge in [-0.3, -0.25) is 4.79 Å². The number of hydrogen-bond acceptors (Lipinski definition) is 3. The van der Waals surface area contributed by atoms with Gasteiger partial charge in [0.05, 0.1) is 4.90 Å². The summed E-state index contributed by atoms with van der Waals surface area (Å²) in [6.45, 7) is 2.94. The standard InChI is InChI=1S/C16H17ClN2O3S/c1-12(20)18-8-10-19(11-9-18)23(21,22)16-7-3-4-13-14(16)5-2-6-15(13)17/h2-7H,8-11H2,1H3. The van der Waals surface area contributed by atoms with Crippen LogP contribution < -0.4 is 0 Å². The molecule has 2 aromatic rings. The van der Waals surface area contributed by atoms with E-state index in [9.17, 15) is 13.2 Å². The lowest BCUT2D eigenvalue weighted by atomic mass is 10.1. The van der Waals surface area contributed by atoms with Crippen molar-refractivity contribution in [1.82, 2.24) is 9.21 Å². The number of halogens is 1. The molecule has 0 spiro atoms. The maximum atomic E-state index is 13.0. The SMILES string of the molecule is CC(=O)N1CCN(S(=O)(=O)c2cccc3c(Cl)cccc23)CC1. The van der Waals surface area contributed by atoms with Crippen molar-refractivity contribution in [2.75, 3.05) is 26.2 Å². The number of hydrogen-bond donors (Lipinski definition) is 0. The van der Waals surface area contributed by atoms with Crippen LogP contribution >= 0.6 is 11.6 Å². The summed E-state index contributed by atoms with van der Waals surface area (Å²) in [5.74, 6) is -0.0287. The summed E-state index contributed by atoms with van der Waals surface area (Å²) >= 11 is 6.17. The Morgan fingerprint density at radius 1 is 1.00 bits per heavy atom. The molecule has 1 aliphatic rings. The third-order valence-electron chi connectivity index (χ3n) is 4.13. The minimum absolute atomic E-state index is 0.0287. The molecule has 1 saturated heterocycles. The van der Waals surface area contributed by atoms with Crippen LogP contribution in [-0.4, -0.2) is 49.7 Å². The molecule has 23 heavy (non-hydrogen) atoms. The van der Waals surface area contributed by atoms with Crippen LogP contribution in [-0.2, 0) is 14.8 Å². The van der Waals surface area contributed by atoms with Gasteiger partial charge in [0.15, 0.2) is 0 Å². The Labute approximate surface area is 140 Å². The smallest absolute Gasteiger partial charge is 0.243 e. The van der Waals surface area contributed by atoms with Gasteiger partial charge in [0.1, 0.15) is 0 Å². The quantitative estimate of drug-likeness (QED) is 0.833. The molecule has 0 N–H and O–H groups in total. The van der Waals surface area contributed by atoms with Gasteiger partial charge in [-0.2, -0.15) is 4.31 Å². The summed E-state index contributed by atoms with van der Waals surface area (Å²) in [4.78, 5) is 13.3. The van der Waals surface area contributed by atoms with Crippen LogP contribution in [0.15, 0.2) is 41.3 Å². The molecule has 0 unspecified atom stereocenters. The van der Waals surface area contributed by atoms with Crippen molar-refractivity contribution >= 4 is 38.3 Å². The van der Waals surface area contributed by atoms with E-state index >= 15 is 0 Å². The Kier molecular flexibility index (Phi) is 4.31. The van der Waals surface area contributed by atoms with Crippen molar-refractivity contribution in [3.8, 4) is 0 Å². The van der Waals surface area contributed by atoms with Gasteiger partial charge in [0.25, 0.3) is 0 Å². The molecule has 122 valence electrons. The van der Waals surface area contributed by atoms with Gasteiger partial charge < -0.3 is 4.90 Å². The first-order chi connectivity index (χ1) is 10.9. The number of piperazine rings is 1. The highest BCUT2D eigenvalue weighted by molar-refractivity contribution is 7.89. The Bertz CT molecular complexity index is 859. The highest BCUT2D eigenvalue weighted by Crippen LogP contribution is 2.30. The van der Waals surface area contributed by atoms with Crippen molar-refractivity contribution in [2.45, 2.75) is 11.8 Å². The highest BCUT2D eigenvalue weighted by Gasteiger charge is 2.30. The molecule has 1 aliphatic heterocycles. The monoisotopic (exact) mass is 352 g/mol. The maximum Gasteiger partial charge on any atom is 0.243 e. The van der Waals surface area contributed by atoms with Crippen molar-refractivity contribution < 1.29 is 13.2 Å². The number of amides is 1. The number of fused-ring (bicyclic) bond motifs is 1. The fourth-order valence-corrected chi connectivity index (χ4v) is 4.72. The van der Waals surface area contributed by atoms with Crippen LogP contribution in [0.2, 0.25) is 5.02 Å². The van der Waals surface area contributed by atoms with E-state index in [1.54, 1.807) is 35.2 Å². The van der Waals surface area contributed by atoms with Crippen LogP contribution in [0.3, 0.4) is 0 Å². The number of nitrogens with zero attached hydrogens (tertiary/aromatic N) is 2. The van der Waals surface area contributed by atoms with Crippen LogP contribution in [0.25, 0.3) is 10.8 Å². The van der Waals surface area contributed by atoms with Gasteiger partial charge in [0, 0.05) is 48.9 Å². The Hall–Kier alpha value is -1.63. The zero-order valence-electron chi connectivity index (χ0n) is 12.7. The summed E-state index contributed by atoms with van der Waals surface area (Å²) in [6, 6.07) is 10.4. The van der Waals surface area contributed by atoms with Crippen LogP contribution in [0, 0.1) is 0 Å². The lowest BCUT2D eigenvalue weighted by molar-refractivity contribution is -0.129. The van der Waals surface area contributed by atoms with E-state index in [0.717, 1.165) is 5.39 Å². The molecule has 1 amide bonds. The molecule has 2 aromatic carbocycles. The molecular weight excluding hydrogens is 336 g/mol. The number of carbonyl (C=O) groups excluding carboxylic acids is 1. The molecule has 0 saturated carbocycles. The van der Waals surface area contributed by atoms with E-state index in [2.05, 4.69) is 0 Å². The number of sulfonamides is 1. The predicted octanol–water partition coefficient (Wildman–Crippen LogP) is 2.35. The first-order valence-electron chi connectivity index (χ1n) is 7.34. The van der Waals surface area contributed by atoms with Gasteiger partial charge in [-0.25, -0.2) is 8.42 Å². The van der Waals surface area contributed by atoms with Crippen LogP contribution in [0.4, 0.5) is 0 Å². The molecule has 0 atom stereocenters. The Morgan fingerprint density at radius 2 is 1.61 bits per heavy atom. The van der Waals surface area contributed by atoms with E-state index in [-0.39, 0.29) is 10.8 Å². The zero-order chi connectivity index (χ0) is 16.6. The molecular formula is C16H17ClN2O3S. The van der Waals surface area contributed by atoms with E-state index in [0.29, 0.717) is 36.6 Å². The fourth-order valence-electron chi connectivity index (χ4n) is 2.85. The van der Waals surface area contributed by atoms with Crippen LogP contribution in [0.1, 0.15) is 6.92 Å². The van der Waals surface area contributed by atoms with E-state index in [4.69, 9.17) is 11.6 Å². The van der Waals surface area contributed by atoms with Crippen LogP contribution in [0.5, 0.6) is 0 Å². The van der Waals surface area contributed by atoms with E-state index in [1.165, 1.54) is 11.2 Å². The second kappa shape index (κ2) is 6.11. The minimum Gasteiger partial charge on any atom is -0.340 e. The minimum atomic E-state index is -3.62. The summed E-state index contributed by atoms with van der Waals surface area (Å²) in [5.41, 5.74) is 0. The average molecular weight is 353 g/mol. The molecule has 0 aliphatic carbocycles. The van der Waals surface area contributed by atoms with Gasteiger partial charge in [-0.1, -0.05) is 35.9 Å². The Morgan fingerprint density at radius 3 is 2.26 bits per heavy atom. The average Bonchev–Trinajstić information content (AvgIpc) is 2.55. The third kappa shape index (κ3) is 2.94. The lowest BCUT2D eigenvalue weighted by Gasteiger charge is -2.33. The van der Waals surface area contributed by atoms with E-state index < -0.39 is 10.0 Å². The first kappa shape index (κ1) is 16.2. The van der Waals surface area contributed by atoms with Crippen molar-refractivity contribution in [1.29, 1.82) is 0 Å². The topological polar surface area (TPSA) is 57.7 Å². The molecule has 1 heterocycles. The van der Waals surface area contributed by atoms with Crippen molar-refractivity contribution in [2.24, 2.45) is 0 Å². The maximum absolute atomic E-state index is 13.0. The summed E-state index contributed by atoms with van der Waals surface area (Å²) in [5, 5.41) is 1.87. The van der Waals surface area contributed by atoms with Gasteiger partial charge in [-0.05, 0) is 12.1 Å². The Balaban J connectivity index is 1.98. The van der Waals surface area contributed by atoms with Gasteiger partial charge >= 0.3 is 0 Å². The summed E-state index contributed by atoms with van der Waals surface area (Å²) in [6.07, 6.45) is 0. The molecule has 0 bridgehead atoms. The second-order valence-corrected chi connectivity index (χ2v) is 7.81. The van der Waals surface area contributed by atoms with Crippen molar-refractivity contribution in [3.05, 3.63) is 41.4 Å². The zero-order valence-corrected chi connectivity index (χ0v) is 14.3. The molecule has 1 fully saturated rings. The number of benzene rings is 2. The summed E-state index contributed by atoms with van der Waals surface area (Å²) < 4.78 is 27.4. The normalized spacial score (nSPS) is 16.7. The molecule has 3 rings (SSSR count). The number of rotatable bonds is 2. The third-order valence-corrected chi connectivity index (χ3v) is 6.42. The number of carbonyl (C=O) groups is 1. The first-order valence-corrected chi connectivity index (χ1v) is 9.16. The molecule has 0 radical (unpaired) electrons. The molecule has 0 aromatic heterocycles. The van der Waals surface area contributed by atoms with E-state index in [1.807, 2.05) is 6.07 Å². The second-order valence-electron chi connectivity index (χ2n) is 5.50. The lowest BCUT2D eigenvalue weighted by Crippen LogP contribution is -2.49. The molecule has 7 heteroatoms. The predicted molar refractivity (Wildman–Crippen MR) is 90.0 cm³/mol. The van der Waals surface area contributed by atoms with Gasteiger partial charge in [0.2, 0.25) is 15.9 Å². The van der Waals surface area contributed by atoms with Gasteiger partial charge in [-0.15, -0.1) is 0 Å². The summed E-state index contributed by atoms with van der Waals surface area (Å²) in [7, 11) is -3.62. The largest absolute Gasteiger partial charge is 0.340 e. The van der Waals surface area contributed by atoms with Crippen molar-refractivity contribution in [3.63, 3.8) is 0 Å². The molecule has 5 nitrogen and oxygen atoms in total. The highest BCUT2D eigenvalue weighted by atomic mass is 35.5.